The van der Waals surface area contributed by atoms with Crippen molar-refractivity contribution < 1.29 is 21.6 Å². The number of sulfonamides is 1. The first-order valence-corrected chi connectivity index (χ1v) is 11.6. The number of guanidine groups is 1. The molecule has 1 unspecified atom stereocenters. The normalized spacial score (nSPS) is 22.3. The summed E-state index contributed by atoms with van der Waals surface area (Å²) in [5.41, 5.74) is 0.210. The van der Waals surface area contributed by atoms with Crippen LogP contribution in [0.25, 0.3) is 0 Å². The molecule has 0 radical (unpaired) electrons. The number of aliphatic imine (C=N–C) groups is 1. The van der Waals surface area contributed by atoms with Gasteiger partial charge in [0.25, 0.3) is 0 Å². The van der Waals surface area contributed by atoms with E-state index in [0.717, 1.165) is 37.2 Å². The lowest BCUT2D eigenvalue weighted by molar-refractivity contribution is -0.137. The molecule has 2 saturated heterocycles. The van der Waals surface area contributed by atoms with Crippen molar-refractivity contribution in [1.82, 2.24) is 19.8 Å². The van der Waals surface area contributed by atoms with Gasteiger partial charge < -0.3 is 10.6 Å². The van der Waals surface area contributed by atoms with E-state index < -0.39 is 21.8 Å². The fraction of sp³-hybridized carbons (Fsp3) is 0.632. The van der Waals surface area contributed by atoms with Crippen LogP contribution in [0.15, 0.2) is 29.3 Å². The molecule has 1 atom stereocenters. The van der Waals surface area contributed by atoms with E-state index in [1.165, 1.54) is 16.4 Å². The van der Waals surface area contributed by atoms with Gasteiger partial charge in [-0.15, -0.1) is 24.0 Å². The molecular weight excluding hydrogens is 546 g/mol. The molecule has 2 fully saturated rings. The van der Waals surface area contributed by atoms with Crippen molar-refractivity contribution in [2.24, 2.45) is 4.99 Å². The number of benzene rings is 1. The van der Waals surface area contributed by atoms with E-state index in [1.807, 2.05) is 0 Å². The van der Waals surface area contributed by atoms with Gasteiger partial charge in [-0.1, -0.05) is 12.1 Å². The van der Waals surface area contributed by atoms with Crippen LogP contribution >= 0.6 is 24.0 Å². The molecule has 176 valence electrons. The highest BCUT2D eigenvalue weighted by Crippen LogP contribution is 2.29. The molecule has 0 bridgehead atoms. The van der Waals surface area contributed by atoms with Gasteiger partial charge in [-0.05, 0) is 30.5 Å². The molecule has 0 aromatic heterocycles. The van der Waals surface area contributed by atoms with Crippen molar-refractivity contribution in [3.05, 3.63) is 35.4 Å². The third-order valence-corrected chi connectivity index (χ3v) is 7.34. The lowest BCUT2D eigenvalue weighted by atomic mass is 10.1. The Bertz CT molecular complexity index is 849. The van der Waals surface area contributed by atoms with Gasteiger partial charge in [-0.3, -0.25) is 9.89 Å². The van der Waals surface area contributed by atoms with Gasteiger partial charge in [0.1, 0.15) is 0 Å². The second kappa shape index (κ2) is 11.1. The molecule has 31 heavy (non-hydrogen) atoms. The van der Waals surface area contributed by atoms with Gasteiger partial charge in [-0.2, -0.15) is 13.2 Å². The van der Waals surface area contributed by atoms with Gasteiger partial charge in [0.2, 0.25) is 10.0 Å². The first-order valence-electron chi connectivity index (χ1n) is 10.0. The topological polar surface area (TPSA) is 77.0 Å². The molecule has 2 aliphatic rings. The Balaban J connectivity index is 0.00000341. The van der Waals surface area contributed by atoms with Crippen LogP contribution in [0.4, 0.5) is 13.2 Å². The third-order valence-electron chi connectivity index (χ3n) is 5.38. The summed E-state index contributed by atoms with van der Waals surface area (Å²) in [4.78, 5) is 6.38. The molecule has 2 N–H and O–H groups in total. The molecule has 7 nitrogen and oxygen atoms in total. The van der Waals surface area contributed by atoms with Gasteiger partial charge in [-0.25, -0.2) is 12.7 Å². The Morgan fingerprint density at radius 3 is 2.52 bits per heavy atom. The standard InChI is InChI=1S/C19H28F3N5O2S.HI/c1-23-18(24-8-11-27-9-2-12-30(27,28)29)25-17-7-10-26(14-17)13-15-3-5-16(6-4-15)19(20,21)22;/h3-6,17H,2,7-14H2,1H3,(H2,23,24,25);1H. The number of nitrogens with one attached hydrogen (secondary N) is 2. The first kappa shape index (κ1) is 26.1. The molecule has 2 heterocycles. The van der Waals surface area contributed by atoms with E-state index in [9.17, 15) is 21.6 Å². The SMILES string of the molecule is CN=C(NCCN1CCCS1(=O)=O)NC1CCN(Cc2ccc(C(F)(F)F)cc2)C1.I. The van der Waals surface area contributed by atoms with Crippen LogP contribution in [0.5, 0.6) is 0 Å². The minimum absolute atomic E-state index is 0. The van der Waals surface area contributed by atoms with E-state index in [1.54, 1.807) is 7.05 Å². The number of rotatable bonds is 6. The number of hydrogen-bond acceptors (Lipinski definition) is 4. The van der Waals surface area contributed by atoms with E-state index >= 15 is 0 Å². The van der Waals surface area contributed by atoms with Gasteiger partial charge in [0, 0.05) is 52.4 Å². The van der Waals surface area contributed by atoms with Crippen molar-refractivity contribution in [1.29, 1.82) is 0 Å². The Kier molecular flexibility index (Phi) is 9.40. The van der Waals surface area contributed by atoms with Crippen LogP contribution in [0.1, 0.15) is 24.0 Å². The molecule has 1 aromatic rings. The Morgan fingerprint density at radius 2 is 1.94 bits per heavy atom. The predicted molar refractivity (Wildman–Crippen MR) is 125 cm³/mol. The lowest BCUT2D eigenvalue weighted by Crippen LogP contribution is -2.46. The largest absolute Gasteiger partial charge is 0.416 e. The second-order valence-electron chi connectivity index (χ2n) is 7.63. The smallest absolute Gasteiger partial charge is 0.355 e. The highest BCUT2D eigenvalue weighted by Gasteiger charge is 2.30. The zero-order valence-corrected chi connectivity index (χ0v) is 20.5. The Hall–Kier alpha value is -1.12. The maximum Gasteiger partial charge on any atom is 0.416 e. The molecule has 12 heteroatoms. The summed E-state index contributed by atoms with van der Waals surface area (Å²) in [5.74, 6) is 0.838. The van der Waals surface area contributed by atoms with Gasteiger partial charge >= 0.3 is 6.18 Å². The average molecular weight is 575 g/mol. The van der Waals surface area contributed by atoms with Crippen molar-refractivity contribution in [2.45, 2.75) is 31.6 Å². The summed E-state index contributed by atoms with van der Waals surface area (Å²) >= 11 is 0. The summed E-state index contributed by atoms with van der Waals surface area (Å²) in [6, 6.07) is 5.45. The fourth-order valence-corrected chi connectivity index (χ4v) is 5.31. The van der Waals surface area contributed by atoms with Crippen LogP contribution in [0, 0.1) is 0 Å². The molecule has 0 saturated carbocycles. The molecule has 0 amide bonds. The zero-order chi connectivity index (χ0) is 21.8. The molecule has 3 rings (SSSR count). The molecule has 2 aliphatic heterocycles. The minimum atomic E-state index is -4.32. The first-order chi connectivity index (χ1) is 14.2. The maximum atomic E-state index is 12.7. The minimum Gasteiger partial charge on any atom is -0.355 e. The fourth-order valence-electron chi connectivity index (χ4n) is 3.78. The van der Waals surface area contributed by atoms with E-state index in [2.05, 4.69) is 20.5 Å². The van der Waals surface area contributed by atoms with Crippen molar-refractivity contribution >= 4 is 40.0 Å². The quantitative estimate of drug-likeness (QED) is 0.309. The van der Waals surface area contributed by atoms with Crippen LogP contribution in [0.2, 0.25) is 0 Å². The number of alkyl halides is 3. The molecule has 0 aliphatic carbocycles. The van der Waals surface area contributed by atoms with E-state index in [4.69, 9.17) is 0 Å². The number of nitrogens with zero attached hydrogens (tertiary/aromatic N) is 3. The Labute approximate surface area is 198 Å². The number of likely N-dealkylation sites (tertiary alicyclic amines) is 1. The van der Waals surface area contributed by atoms with Crippen LogP contribution in [0.3, 0.4) is 0 Å². The van der Waals surface area contributed by atoms with Crippen molar-refractivity contribution in [3.8, 4) is 0 Å². The summed E-state index contributed by atoms with van der Waals surface area (Å²) in [6.07, 6.45) is -2.75. The van der Waals surface area contributed by atoms with Crippen molar-refractivity contribution in [3.63, 3.8) is 0 Å². The van der Waals surface area contributed by atoms with Crippen LogP contribution in [-0.4, -0.2) is 75.1 Å². The molecule has 1 aromatic carbocycles. The average Bonchev–Trinajstić information content (AvgIpc) is 3.26. The second-order valence-corrected chi connectivity index (χ2v) is 9.72. The monoisotopic (exact) mass is 575 g/mol. The van der Waals surface area contributed by atoms with Crippen LogP contribution < -0.4 is 10.6 Å². The van der Waals surface area contributed by atoms with E-state index in [-0.39, 0.29) is 35.8 Å². The lowest BCUT2D eigenvalue weighted by Gasteiger charge is -2.20. The van der Waals surface area contributed by atoms with E-state index in [0.29, 0.717) is 38.6 Å². The third kappa shape index (κ3) is 7.46. The van der Waals surface area contributed by atoms with Crippen LogP contribution in [-0.2, 0) is 22.7 Å². The van der Waals surface area contributed by atoms with Crippen molar-refractivity contribution in [2.75, 3.05) is 45.5 Å². The summed E-state index contributed by atoms with van der Waals surface area (Å²) in [5, 5.41) is 6.49. The highest BCUT2D eigenvalue weighted by atomic mass is 127. The summed E-state index contributed by atoms with van der Waals surface area (Å²) in [6.45, 7) is 3.63. The summed E-state index contributed by atoms with van der Waals surface area (Å²) in [7, 11) is -1.43. The number of hydrogen-bond donors (Lipinski definition) is 2. The summed E-state index contributed by atoms with van der Waals surface area (Å²) < 4.78 is 63.2. The highest BCUT2D eigenvalue weighted by molar-refractivity contribution is 14.0. The molecular formula is C19H29F3IN5O2S. The van der Waals surface area contributed by atoms with Gasteiger partial charge in [0.05, 0.1) is 11.3 Å². The Morgan fingerprint density at radius 1 is 1.23 bits per heavy atom. The van der Waals surface area contributed by atoms with Gasteiger partial charge in [0.15, 0.2) is 5.96 Å². The number of halogens is 4. The predicted octanol–water partition coefficient (Wildman–Crippen LogP) is 2.10. The zero-order valence-electron chi connectivity index (χ0n) is 17.4. The molecule has 0 spiro atoms. The maximum absolute atomic E-state index is 12.7.